The molecule has 108 valence electrons. The largest absolute Gasteiger partial charge is 0.497 e. The van der Waals surface area contributed by atoms with Crippen molar-refractivity contribution in [1.82, 2.24) is 0 Å². The molecule has 1 unspecified atom stereocenters. The van der Waals surface area contributed by atoms with E-state index in [1.165, 1.54) is 14.0 Å². The van der Waals surface area contributed by atoms with E-state index in [-0.39, 0.29) is 12.3 Å². The average molecular weight is 279 g/mol. The molecule has 0 saturated heterocycles. The van der Waals surface area contributed by atoms with Gasteiger partial charge >= 0.3 is 5.97 Å². The van der Waals surface area contributed by atoms with Gasteiger partial charge in [-0.25, -0.2) is 4.79 Å². The molecule has 1 aromatic carbocycles. The van der Waals surface area contributed by atoms with E-state index in [2.05, 4.69) is 9.89 Å². The summed E-state index contributed by atoms with van der Waals surface area (Å²) >= 11 is 0. The fraction of sp³-hybridized carbons (Fsp3) is 0.357. The third kappa shape index (κ3) is 3.57. The Bertz CT molecular complexity index is 507. The zero-order valence-corrected chi connectivity index (χ0v) is 11.6. The van der Waals surface area contributed by atoms with Crippen LogP contribution in [0.1, 0.15) is 19.4 Å². The molecule has 0 radical (unpaired) electrons. The molecule has 6 heteroatoms. The van der Waals surface area contributed by atoms with E-state index in [4.69, 9.17) is 9.94 Å². The van der Waals surface area contributed by atoms with Gasteiger partial charge < -0.3 is 14.7 Å². The molecule has 0 bridgehead atoms. The maximum absolute atomic E-state index is 11.8. The monoisotopic (exact) mass is 279 g/mol. The van der Waals surface area contributed by atoms with E-state index in [1.54, 1.807) is 31.2 Å². The van der Waals surface area contributed by atoms with Gasteiger partial charge in [0, 0.05) is 5.56 Å². The molecule has 1 atom stereocenters. The minimum Gasteiger partial charge on any atom is -0.497 e. The number of hydrogen-bond donors (Lipinski definition) is 1. The third-order valence-corrected chi connectivity index (χ3v) is 2.77. The number of oxime groups is 1. The van der Waals surface area contributed by atoms with Crippen LogP contribution in [0.15, 0.2) is 29.4 Å². The Kier molecular flexibility index (Phi) is 5.71. The van der Waals surface area contributed by atoms with E-state index < -0.39 is 17.7 Å². The first-order valence-corrected chi connectivity index (χ1v) is 6.12. The predicted octanol–water partition coefficient (Wildman–Crippen LogP) is 1.64. The van der Waals surface area contributed by atoms with Gasteiger partial charge in [0.25, 0.3) is 0 Å². The molecular formula is C14H17NO5. The SMILES string of the molecule is CCOC(=O)C(=O)C(C)C(=NO)c1ccc(OC)cc1. The van der Waals surface area contributed by atoms with Crippen LogP contribution in [0.2, 0.25) is 0 Å². The van der Waals surface area contributed by atoms with Gasteiger partial charge in [0.2, 0.25) is 5.78 Å². The molecule has 6 nitrogen and oxygen atoms in total. The van der Waals surface area contributed by atoms with Crippen molar-refractivity contribution >= 4 is 17.5 Å². The number of ketones is 1. The van der Waals surface area contributed by atoms with Gasteiger partial charge in [-0.15, -0.1) is 0 Å². The van der Waals surface area contributed by atoms with E-state index >= 15 is 0 Å². The Labute approximate surface area is 117 Å². The maximum Gasteiger partial charge on any atom is 0.375 e. The highest BCUT2D eigenvalue weighted by Crippen LogP contribution is 2.16. The highest BCUT2D eigenvalue weighted by molar-refractivity contribution is 6.39. The lowest BCUT2D eigenvalue weighted by Crippen LogP contribution is -2.30. The highest BCUT2D eigenvalue weighted by Gasteiger charge is 2.28. The predicted molar refractivity (Wildman–Crippen MR) is 72.1 cm³/mol. The summed E-state index contributed by atoms with van der Waals surface area (Å²) in [5.74, 6) is -1.95. The maximum atomic E-state index is 11.8. The molecule has 0 saturated carbocycles. The number of nitrogens with zero attached hydrogens (tertiary/aromatic N) is 1. The summed E-state index contributed by atoms with van der Waals surface area (Å²) in [6, 6.07) is 6.62. The summed E-state index contributed by atoms with van der Waals surface area (Å²) in [5.41, 5.74) is 0.629. The second kappa shape index (κ2) is 7.28. The highest BCUT2D eigenvalue weighted by atomic mass is 16.5. The summed E-state index contributed by atoms with van der Waals surface area (Å²) in [5, 5.41) is 12.2. The van der Waals surface area contributed by atoms with Crippen LogP contribution in [0.5, 0.6) is 5.75 Å². The zero-order valence-electron chi connectivity index (χ0n) is 11.6. The van der Waals surface area contributed by atoms with Crippen LogP contribution in [0.25, 0.3) is 0 Å². The van der Waals surface area contributed by atoms with Gasteiger partial charge in [-0.05, 0) is 38.1 Å². The Hall–Kier alpha value is -2.37. The number of hydrogen-bond acceptors (Lipinski definition) is 6. The number of methoxy groups -OCH3 is 1. The average Bonchev–Trinajstić information content (AvgIpc) is 2.48. The van der Waals surface area contributed by atoms with Crippen LogP contribution in [0.3, 0.4) is 0 Å². The van der Waals surface area contributed by atoms with Gasteiger partial charge in [-0.3, -0.25) is 4.79 Å². The van der Waals surface area contributed by atoms with Crippen molar-refractivity contribution in [3.8, 4) is 5.75 Å². The van der Waals surface area contributed by atoms with Crippen LogP contribution < -0.4 is 4.74 Å². The van der Waals surface area contributed by atoms with E-state index in [0.29, 0.717) is 11.3 Å². The molecule has 0 amide bonds. The van der Waals surface area contributed by atoms with Gasteiger partial charge in [0.05, 0.1) is 25.3 Å². The van der Waals surface area contributed by atoms with E-state index in [1.807, 2.05) is 0 Å². The summed E-state index contributed by atoms with van der Waals surface area (Å²) < 4.78 is 9.66. The fourth-order valence-electron chi connectivity index (χ4n) is 1.66. The summed E-state index contributed by atoms with van der Waals surface area (Å²) in [7, 11) is 1.53. The molecule has 0 aliphatic heterocycles. The number of ether oxygens (including phenoxy) is 2. The summed E-state index contributed by atoms with van der Waals surface area (Å²) in [6.45, 7) is 3.21. The summed E-state index contributed by atoms with van der Waals surface area (Å²) in [4.78, 5) is 23.2. The van der Waals surface area contributed by atoms with Crippen LogP contribution in [-0.4, -0.2) is 36.4 Å². The molecule has 0 fully saturated rings. The lowest BCUT2D eigenvalue weighted by molar-refractivity contribution is -0.154. The minimum absolute atomic E-state index is 0.103. The number of carbonyl (C=O) groups excluding carboxylic acids is 2. The van der Waals surface area contributed by atoms with Crippen LogP contribution in [-0.2, 0) is 14.3 Å². The molecule has 1 rings (SSSR count). The molecule has 0 aliphatic rings. The Morgan fingerprint density at radius 1 is 1.30 bits per heavy atom. The second-order valence-electron chi connectivity index (χ2n) is 4.02. The zero-order chi connectivity index (χ0) is 15.1. The molecular weight excluding hydrogens is 262 g/mol. The minimum atomic E-state index is -0.935. The van der Waals surface area contributed by atoms with Gasteiger partial charge in [0.1, 0.15) is 5.75 Å². The van der Waals surface area contributed by atoms with Crippen molar-refractivity contribution in [3.63, 3.8) is 0 Å². The van der Waals surface area contributed by atoms with Crippen molar-refractivity contribution in [3.05, 3.63) is 29.8 Å². The van der Waals surface area contributed by atoms with Crippen LogP contribution >= 0.6 is 0 Å². The molecule has 0 spiro atoms. The standard InChI is InChI=1S/C14H17NO5/c1-4-20-14(17)13(16)9(2)12(15-18)10-5-7-11(19-3)8-6-10/h5-9,18H,4H2,1-3H3. The number of esters is 1. The molecule has 0 aromatic heterocycles. The van der Waals surface area contributed by atoms with Gasteiger partial charge in [0.15, 0.2) is 0 Å². The Morgan fingerprint density at radius 2 is 1.90 bits per heavy atom. The van der Waals surface area contributed by atoms with Crippen molar-refractivity contribution < 1.29 is 24.3 Å². The Morgan fingerprint density at radius 3 is 2.35 bits per heavy atom. The normalized spacial score (nSPS) is 12.7. The number of benzene rings is 1. The third-order valence-electron chi connectivity index (χ3n) is 2.77. The lowest BCUT2D eigenvalue weighted by Gasteiger charge is -2.12. The smallest absolute Gasteiger partial charge is 0.375 e. The molecule has 0 heterocycles. The quantitative estimate of drug-likeness (QED) is 0.281. The second-order valence-corrected chi connectivity index (χ2v) is 4.02. The molecule has 1 N–H and O–H groups in total. The van der Waals surface area contributed by atoms with E-state index in [0.717, 1.165) is 0 Å². The van der Waals surface area contributed by atoms with E-state index in [9.17, 15) is 9.59 Å². The number of rotatable bonds is 6. The van der Waals surface area contributed by atoms with Crippen LogP contribution in [0, 0.1) is 5.92 Å². The fourth-order valence-corrected chi connectivity index (χ4v) is 1.66. The van der Waals surface area contributed by atoms with Gasteiger partial charge in [-0.1, -0.05) is 5.16 Å². The van der Waals surface area contributed by atoms with Crippen LogP contribution in [0.4, 0.5) is 0 Å². The molecule has 1 aromatic rings. The lowest BCUT2D eigenvalue weighted by atomic mass is 9.94. The first kappa shape index (κ1) is 15.7. The van der Waals surface area contributed by atoms with Crippen molar-refractivity contribution in [2.24, 2.45) is 11.1 Å². The first-order valence-electron chi connectivity index (χ1n) is 6.12. The number of carbonyl (C=O) groups is 2. The molecule has 0 aliphatic carbocycles. The van der Waals surface area contributed by atoms with Crippen molar-refractivity contribution in [1.29, 1.82) is 0 Å². The number of Topliss-reactive ketones (excluding diaryl/α,β-unsaturated/α-hetero) is 1. The van der Waals surface area contributed by atoms with Gasteiger partial charge in [-0.2, -0.15) is 0 Å². The first-order chi connectivity index (χ1) is 9.54. The topological polar surface area (TPSA) is 85.2 Å². The summed E-state index contributed by atoms with van der Waals surface area (Å²) in [6.07, 6.45) is 0. The molecule has 20 heavy (non-hydrogen) atoms. The Balaban J connectivity index is 2.95. The van der Waals surface area contributed by atoms with Crippen molar-refractivity contribution in [2.45, 2.75) is 13.8 Å². The van der Waals surface area contributed by atoms with Crippen molar-refractivity contribution in [2.75, 3.05) is 13.7 Å².